The standard InChI is InChI=1S/C14H19N3O3/c1-9-11(7-16-17(9)3)6-15-8-12-5-13(10(2)20-12)14(18)19-4/h5,7,15H,6,8H2,1-4H3. The van der Waals surface area contributed by atoms with E-state index in [0.717, 1.165) is 11.3 Å². The molecule has 2 heterocycles. The number of rotatable bonds is 5. The molecule has 0 saturated heterocycles. The lowest BCUT2D eigenvalue weighted by Crippen LogP contribution is -2.12. The summed E-state index contributed by atoms with van der Waals surface area (Å²) < 4.78 is 12.1. The molecular weight excluding hydrogens is 258 g/mol. The Morgan fingerprint density at radius 1 is 1.45 bits per heavy atom. The van der Waals surface area contributed by atoms with Crippen molar-refractivity contribution in [1.82, 2.24) is 15.1 Å². The van der Waals surface area contributed by atoms with Crippen LogP contribution in [0.4, 0.5) is 0 Å². The van der Waals surface area contributed by atoms with Crippen LogP contribution in [0.5, 0.6) is 0 Å². The fourth-order valence-electron chi connectivity index (χ4n) is 1.98. The first-order valence-electron chi connectivity index (χ1n) is 6.38. The van der Waals surface area contributed by atoms with Crippen molar-refractivity contribution < 1.29 is 13.9 Å². The average Bonchev–Trinajstić information content (AvgIpc) is 2.95. The van der Waals surface area contributed by atoms with Gasteiger partial charge in [0, 0.05) is 24.8 Å². The summed E-state index contributed by atoms with van der Waals surface area (Å²) >= 11 is 0. The number of ether oxygens (including phenoxy) is 1. The van der Waals surface area contributed by atoms with Gasteiger partial charge in [0.1, 0.15) is 17.1 Å². The van der Waals surface area contributed by atoms with Crippen molar-refractivity contribution in [3.05, 3.63) is 40.6 Å². The monoisotopic (exact) mass is 277 g/mol. The molecule has 0 amide bonds. The fraction of sp³-hybridized carbons (Fsp3) is 0.429. The van der Waals surface area contributed by atoms with Crippen molar-refractivity contribution in [2.24, 2.45) is 7.05 Å². The third-order valence-corrected chi connectivity index (χ3v) is 3.33. The first-order chi connectivity index (χ1) is 9.52. The lowest BCUT2D eigenvalue weighted by Gasteiger charge is -2.02. The molecule has 0 aromatic carbocycles. The van der Waals surface area contributed by atoms with Crippen LogP contribution >= 0.6 is 0 Å². The minimum absolute atomic E-state index is 0.374. The van der Waals surface area contributed by atoms with Crippen LogP contribution in [0.3, 0.4) is 0 Å². The van der Waals surface area contributed by atoms with E-state index >= 15 is 0 Å². The number of hydrogen-bond acceptors (Lipinski definition) is 5. The van der Waals surface area contributed by atoms with Crippen LogP contribution in [-0.2, 0) is 24.9 Å². The smallest absolute Gasteiger partial charge is 0.341 e. The lowest BCUT2D eigenvalue weighted by atomic mass is 10.2. The number of carbonyl (C=O) groups is 1. The SMILES string of the molecule is COC(=O)c1cc(CNCc2cnn(C)c2C)oc1C. The van der Waals surface area contributed by atoms with Crippen LogP contribution in [-0.4, -0.2) is 22.9 Å². The van der Waals surface area contributed by atoms with Crippen LogP contribution in [0, 0.1) is 13.8 Å². The normalized spacial score (nSPS) is 10.8. The number of carbonyl (C=O) groups excluding carboxylic acids is 1. The van der Waals surface area contributed by atoms with E-state index < -0.39 is 0 Å². The molecule has 0 unspecified atom stereocenters. The van der Waals surface area contributed by atoms with Gasteiger partial charge in [0.05, 0.1) is 19.9 Å². The van der Waals surface area contributed by atoms with E-state index in [1.165, 1.54) is 7.11 Å². The van der Waals surface area contributed by atoms with Crippen LogP contribution in [0.2, 0.25) is 0 Å². The van der Waals surface area contributed by atoms with Gasteiger partial charge in [0.2, 0.25) is 0 Å². The number of nitrogens with one attached hydrogen (secondary N) is 1. The van der Waals surface area contributed by atoms with Crippen LogP contribution in [0.1, 0.15) is 33.1 Å². The first kappa shape index (κ1) is 14.3. The molecule has 0 atom stereocenters. The zero-order valence-corrected chi connectivity index (χ0v) is 12.2. The van der Waals surface area contributed by atoms with Crippen molar-refractivity contribution in [3.63, 3.8) is 0 Å². The molecule has 6 nitrogen and oxygen atoms in total. The number of aryl methyl sites for hydroxylation is 2. The van der Waals surface area contributed by atoms with E-state index in [1.54, 1.807) is 13.0 Å². The predicted molar refractivity (Wildman–Crippen MR) is 73.3 cm³/mol. The second kappa shape index (κ2) is 5.92. The highest BCUT2D eigenvalue weighted by Crippen LogP contribution is 2.15. The molecule has 20 heavy (non-hydrogen) atoms. The summed E-state index contributed by atoms with van der Waals surface area (Å²) in [5.74, 6) is 0.913. The zero-order valence-electron chi connectivity index (χ0n) is 12.2. The Labute approximate surface area is 117 Å². The second-order valence-corrected chi connectivity index (χ2v) is 4.66. The minimum Gasteiger partial charge on any atom is -0.465 e. The van der Waals surface area contributed by atoms with E-state index in [-0.39, 0.29) is 5.97 Å². The van der Waals surface area contributed by atoms with Crippen molar-refractivity contribution >= 4 is 5.97 Å². The number of hydrogen-bond donors (Lipinski definition) is 1. The first-order valence-corrected chi connectivity index (χ1v) is 6.38. The molecule has 2 aromatic heterocycles. The number of esters is 1. The van der Waals surface area contributed by atoms with E-state index in [1.807, 2.05) is 24.9 Å². The molecule has 0 radical (unpaired) electrons. The topological polar surface area (TPSA) is 69.3 Å². The Kier molecular flexibility index (Phi) is 4.24. The molecule has 0 aliphatic carbocycles. The van der Waals surface area contributed by atoms with Gasteiger partial charge in [-0.3, -0.25) is 4.68 Å². The minimum atomic E-state index is -0.374. The summed E-state index contributed by atoms with van der Waals surface area (Å²) in [6.07, 6.45) is 1.84. The van der Waals surface area contributed by atoms with Crippen molar-refractivity contribution in [2.45, 2.75) is 26.9 Å². The van der Waals surface area contributed by atoms with Gasteiger partial charge in [0.15, 0.2) is 0 Å². The zero-order chi connectivity index (χ0) is 14.7. The van der Waals surface area contributed by atoms with Gasteiger partial charge < -0.3 is 14.5 Å². The summed E-state index contributed by atoms with van der Waals surface area (Å²) in [6, 6.07) is 1.71. The summed E-state index contributed by atoms with van der Waals surface area (Å²) in [6.45, 7) is 5.02. The fourth-order valence-corrected chi connectivity index (χ4v) is 1.98. The molecule has 2 aromatic rings. The number of methoxy groups -OCH3 is 1. The average molecular weight is 277 g/mol. The summed E-state index contributed by atoms with van der Waals surface area (Å²) in [7, 11) is 3.27. The Morgan fingerprint density at radius 2 is 2.20 bits per heavy atom. The molecule has 0 bridgehead atoms. The summed E-state index contributed by atoms with van der Waals surface area (Å²) in [4.78, 5) is 11.5. The lowest BCUT2D eigenvalue weighted by molar-refractivity contribution is 0.0599. The van der Waals surface area contributed by atoms with Crippen LogP contribution in [0.15, 0.2) is 16.7 Å². The number of aromatic nitrogens is 2. The number of furan rings is 1. The van der Waals surface area contributed by atoms with Gasteiger partial charge in [0.25, 0.3) is 0 Å². The van der Waals surface area contributed by atoms with E-state index in [9.17, 15) is 4.79 Å². The van der Waals surface area contributed by atoms with E-state index in [2.05, 4.69) is 10.4 Å². The third-order valence-electron chi connectivity index (χ3n) is 3.33. The van der Waals surface area contributed by atoms with Gasteiger partial charge in [-0.2, -0.15) is 5.10 Å². The molecular formula is C14H19N3O3. The molecule has 2 rings (SSSR count). The van der Waals surface area contributed by atoms with Gasteiger partial charge in [-0.15, -0.1) is 0 Å². The maximum Gasteiger partial charge on any atom is 0.341 e. The Bertz CT molecular complexity index is 613. The van der Waals surface area contributed by atoms with Crippen molar-refractivity contribution in [3.8, 4) is 0 Å². The van der Waals surface area contributed by atoms with Gasteiger partial charge >= 0.3 is 5.97 Å². The van der Waals surface area contributed by atoms with Crippen LogP contribution in [0.25, 0.3) is 0 Å². The molecule has 1 N–H and O–H groups in total. The Morgan fingerprint density at radius 3 is 2.80 bits per heavy atom. The molecule has 6 heteroatoms. The Balaban J connectivity index is 1.95. The highest BCUT2D eigenvalue weighted by molar-refractivity contribution is 5.90. The molecule has 0 spiro atoms. The highest BCUT2D eigenvalue weighted by Gasteiger charge is 2.15. The van der Waals surface area contributed by atoms with Gasteiger partial charge in [-0.05, 0) is 19.9 Å². The van der Waals surface area contributed by atoms with Crippen molar-refractivity contribution in [1.29, 1.82) is 0 Å². The van der Waals surface area contributed by atoms with E-state index in [0.29, 0.717) is 30.2 Å². The van der Waals surface area contributed by atoms with E-state index in [4.69, 9.17) is 9.15 Å². The molecule has 0 fully saturated rings. The second-order valence-electron chi connectivity index (χ2n) is 4.66. The predicted octanol–water partition coefficient (Wildman–Crippen LogP) is 1.71. The number of nitrogens with zero attached hydrogens (tertiary/aromatic N) is 2. The van der Waals surface area contributed by atoms with Crippen LogP contribution < -0.4 is 5.32 Å². The molecule has 108 valence electrons. The summed E-state index contributed by atoms with van der Waals surface area (Å²) in [5.41, 5.74) is 2.74. The largest absolute Gasteiger partial charge is 0.465 e. The Hall–Kier alpha value is -2.08. The van der Waals surface area contributed by atoms with Gasteiger partial charge in [-0.25, -0.2) is 4.79 Å². The summed E-state index contributed by atoms with van der Waals surface area (Å²) in [5, 5.41) is 7.46. The maximum absolute atomic E-state index is 11.5. The molecule has 0 aliphatic heterocycles. The molecule has 0 saturated carbocycles. The molecule has 0 aliphatic rings. The third kappa shape index (κ3) is 2.91. The van der Waals surface area contributed by atoms with Crippen molar-refractivity contribution in [2.75, 3.05) is 7.11 Å². The highest BCUT2D eigenvalue weighted by atomic mass is 16.5. The quantitative estimate of drug-likeness (QED) is 0.842. The van der Waals surface area contributed by atoms with Gasteiger partial charge in [-0.1, -0.05) is 0 Å². The maximum atomic E-state index is 11.5.